The average Bonchev–Trinajstić information content (AvgIpc) is 1.30. The van der Waals surface area contributed by atoms with Gasteiger partial charge >= 0.3 is 7.82 Å². The third-order valence-electron chi connectivity index (χ3n) is 0.297. The fourth-order valence-corrected chi connectivity index (χ4v) is 0.505. The quantitative estimate of drug-likeness (QED) is 0.558. The molecule has 0 aliphatic rings. The van der Waals surface area contributed by atoms with Gasteiger partial charge < -0.3 is 9.79 Å². The molecule has 46 valence electrons. The van der Waals surface area contributed by atoms with Crippen molar-refractivity contribution in [1.29, 1.82) is 0 Å². The van der Waals surface area contributed by atoms with E-state index in [1.165, 1.54) is 6.92 Å². The summed E-state index contributed by atoms with van der Waals surface area (Å²) in [5.41, 5.74) is 0. The summed E-state index contributed by atoms with van der Waals surface area (Å²) in [5, 5.41) is 0. The molecule has 0 heterocycles. The summed E-state index contributed by atoms with van der Waals surface area (Å²) in [4.78, 5) is 15.8. The molecule has 0 aromatic rings. The fraction of sp³-hybridized carbons (Fsp3) is 1.00. The largest absolute Gasteiger partial charge is 0.469 e. The Hall–Kier alpha value is 1.05. The minimum absolute atomic E-state index is 0. The molecule has 0 spiro atoms. The van der Waals surface area contributed by atoms with Crippen LogP contribution in [0.15, 0.2) is 0 Å². The SMILES string of the molecule is CCOP(=O)(O)O.[Hg]. The zero-order chi connectivity index (χ0) is 5.91. The van der Waals surface area contributed by atoms with Crippen molar-refractivity contribution in [3.63, 3.8) is 0 Å². The molecule has 0 aliphatic heterocycles. The molecular weight excluding hydrogens is 320 g/mol. The van der Waals surface area contributed by atoms with Gasteiger partial charge in [0.15, 0.2) is 0 Å². The minimum atomic E-state index is -4.17. The van der Waals surface area contributed by atoms with Gasteiger partial charge in [0.2, 0.25) is 0 Å². The van der Waals surface area contributed by atoms with E-state index in [2.05, 4.69) is 4.52 Å². The molecule has 8 heavy (non-hydrogen) atoms. The van der Waals surface area contributed by atoms with Gasteiger partial charge in [0.25, 0.3) is 0 Å². The Balaban J connectivity index is 0. The zero-order valence-corrected chi connectivity index (χ0v) is 11.0. The zero-order valence-electron chi connectivity index (χ0n) is 4.57. The van der Waals surface area contributed by atoms with E-state index in [-0.39, 0.29) is 34.3 Å². The first-order chi connectivity index (χ1) is 3.06. The van der Waals surface area contributed by atoms with Crippen LogP contribution in [-0.4, -0.2) is 16.4 Å². The number of phosphoric acid groups is 1. The predicted molar refractivity (Wildman–Crippen MR) is 23.7 cm³/mol. The first kappa shape index (κ1) is 11.8. The Morgan fingerprint density at radius 1 is 1.62 bits per heavy atom. The van der Waals surface area contributed by atoms with Crippen LogP contribution < -0.4 is 0 Å². The molecule has 0 amide bonds. The summed E-state index contributed by atoms with van der Waals surface area (Å²) < 4.78 is 13.6. The molecule has 0 aromatic heterocycles. The van der Waals surface area contributed by atoms with Crippen LogP contribution in [0.2, 0.25) is 0 Å². The van der Waals surface area contributed by atoms with Crippen LogP contribution >= 0.6 is 7.82 Å². The average molecular weight is 327 g/mol. The van der Waals surface area contributed by atoms with Crippen LogP contribution in [0.25, 0.3) is 0 Å². The second-order valence-electron chi connectivity index (χ2n) is 0.908. The topological polar surface area (TPSA) is 66.8 Å². The van der Waals surface area contributed by atoms with E-state index in [1.54, 1.807) is 0 Å². The maximum absolute atomic E-state index is 9.70. The molecule has 0 saturated heterocycles. The first-order valence-corrected chi connectivity index (χ1v) is 3.29. The summed E-state index contributed by atoms with van der Waals surface area (Å²) in [6.45, 7) is 1.56. The van der Waals surface area contributed by atoms with E-state index >= 15 is 0 Å². The van der Waals surface area contributed by atoms with Gasteiger partial charge in [-0.05, 0) is 6.92 Å². The van der Waals surface area contributed by atoms with E-state index in [4.69, 9.17) is 9.79 Å². The monoisotopic (exact) mass is 328 g/mol. The molecule has 0 rings (SSSR count). The third kappa shape index (κ3) is 10.1. The van der Waals surface area contributed by atoms with Crippen molar-refractivity contribution in [2.75, 3.05) is 6.61 Å². The normalized spacial score (nSPS) is 10.4. The summed E-state index contributed by atoms with van der Waals surface area (Å²) in [7, 11) is -4.17. The first-order valence-electron chi connectivity index (χ1n) is 1.76. The molecule has 2 N–H and O–H groups in total. The summed E-state index contributed by atoms with van der Waals surface area (Å²) in [6, 6.07) is 0. The summed E-state index contributed by atoms with van der Waals surface area (Å²) >= 11 is 0. The van der Waals surface area contributed by atoms with Gasteiger partial charge in [0, 0.05) is 27.7 Å². The van der Waals surface area contributed by atoms with Gasteiger partial charge in [-0.25, -0.2) is 4.57 Å². The Morgan fingerprint density at radius 3 is 2.00 bits per heavy atom. The predicted octanol–water partition coefficient (Wildman–Crippen LogP) is 0.113. The van der Waals surface area contributed by atoms with Gasteiger partial charge in [-0.3, -0.25) is 4.52 Å². The molecule has 0 fully saturated rings. The van der Waals surface area contributed by atoms with E-state index < -0.39 is 7.82 Å². The molecule has 0 radical (unpaired) electrons. The van der Waals surface area contributed by atoms with Gasteiger partial charge in [0.05, 0.1) is 6.61 Å². The van der Waals surface area contributed by atoms with E-state index in [0.717, 1.165) is 0 Å². The van der Waals surface area contributed by atoms with Gasteiger partial charge in [-0.1, -0.05) is 0 Å². The maximum Gasteiger partial charge on any atom is 0.469 e. The second kappa shape index (κ2) is 4.88. The molecule has 4 nitrogen and oxygen atoms in total. The van der Waals surface area contributed by atoms with Crippen molar-refractivity contribution in [2.45, 2.75) is 6.92 Å². The Morgan fingerprint density at radius 2 is 2.00 bits per heavy atom. The van der Waals surface area contributed by atoms with Crippen LogP contribution in [0, 0.1) is 0 Å². The number of hydrogen-bond donors (Lipinski definition) is 2. The van der Waals surface area contributed by atoms with E-state index in [0.29, 0.717) is 0 Å². The van der Waals surface area contributed by atoms with Crippen LogP contribution in [0.3, 0.4) is 0 Å². The summed E-state index contributed by atoms with van der Waals surface area (Å²) in [5.74, 6) is 0. The van der Waals surface area contributed by atoms with Crippen LogP contribution in [-0.2, 0) is 36.8 Å². The number of rotatable bonds is 2. The molecular formula is C2H7HgO4P. The Bertz CT molecular complexity index is 88.0. The molecule has 0 atom stereocenters. The van der Waals surface area contributed by atoms with Crippen molar-refractivity contribution in [1.82, 2.24) is 0 Å². The smallest absolute Gasteiger partial charge is 0.303 e. The standard InChI is InChI=1S/C2H7O4P.Hg/c1-2-6-7(3,4)5;/h2H2,1H3,(H2,3,4,5);. The molecule has 0 bridgehead atoms. The van der Waals surface area contributed by atoms with Crippen LogP contribution in [0.1, 0.15) is 6.92 Å². The van der Waals surface area contributed by atoms with E-state index in [1.807, 2.05) is 0 Å². The van der Waals surface area contributed by atoms with Crippen molar-refractivity contribution < 1.29 is 46.5 Å². The van der Waals surface area contributed by atoms with Crippen molar-refractivity contribution in [3.05, 3.63) is 0 Å². The van der Waals surface area contributed by atoms with Crippen molar-refractivity contribution >= 4 is 7.82 Å². The molecule has 0 aliphatic carbocycles. The van der Waals surface area contributed by atoms with Crippen LogP contribution in [0.5, 0.6) is 0 Å². The minimum Gasteiger partial charge on any atom is -0.303 e. The summed E-state index contributed by atoms with van der Waals surface area (Å²) in [6.07, 6.45) is 0. The van der Waals surface area contributed by atoms with Gasteiger partial charge in [-0.15, -0.1) is 0 Å². The van der Waals surface area contributed by atoms with Crippen molar-refractivity contribution in [3.8, 4) is 0 Å². The second-order valence-corrected chi connectivity index (χ2v) is 2.15. The maximum atomic E-state index is 9.70. The van der Waals surface area contributed by atoms with Crippen molar-refractivity contribution in [2.24, 2.45) is 0 Å². The molecule has 0 aromatic carbocycles. The Labute approximate surface area is 68.0 Å². The molecule has 0 unspecified atom stereocenters. The third-order valence-corrected chi connectivity index (χ3v) is 0.892. The molecule has 6 heteroatoms. The van der Waals surface area contributed by atoms with E-state index in [9.17, 15) is 4.57 Å². The number of phosphoric ester groups is 1. The number of hydrogen-bond acceptors (Lipinski definition) is 2. The molecule has 0 saturated carbocycles. The van der Waals surface area contributed by atoms with Gasteiger partial charge in [-0.2, -0.15) is 0 Å². The fourth-order valence-electron chi connectivity index (χ4n) is 0.168. The van der Waals surface area contributed by atoms with Crippen LogP contribution in [0.4, 0.5) is 0 Å². The Kier molecular flexibility index (Phi) is 7.20. The van der Waals surface area contributed by atoms with Gasteiger partial charge in [0.1, 0.15) is 0 Å².